The van der Waals surface area contributed by atoms with Gasteiger partial charge in [-0.2, -0.15) is 0 Å². The molecule has 0 saturated carbocycles. The van der Waals surface area contributed by atoms with Gasteiger partial charge < -0.3 is 11.5 Å². The maximum absolute atomic E-state index is 10.8. The van der Waals surface area contributed by atoms with Crippen LogP contribution in [0.15, 0.2) is 27.1 Å². The van der Waals surface area contributed by atoms with E-state index in [4.69, 9.17) is 11.5 Å². The van der Waals surface area contributed by atoms with Crippen molar-refractivity contribution in [3.63, 3.8) is 0 Å². The molecule has 0 unspecified atom stereocenters. The average molecular weight is 1010 g/mol. The van der Waals surface area contributed by atoms with Crippen LogP contribution in [-0.4, -0.2) is 40.9 Å². The summed E-state index contributed by atoms with van der Waals surface area (Å²) in [5.74, 6) is 0. The van der Waals surface area contributed by atoms with Crippen molar-refractivity contribution in [2.75, 3.05) is 26.2 Å². The molecule has 0 aromatic heterocycles. The molecule has 7 nitrogen and oxygen atoms in total. The van der Waals surface area contributed by atoms with E-state index in [1.54, 1.807) is 0 Å². The van der Waals surface area contributed by atoms with E-state index in [2.05, 4.69) is 55.5 Å². The van der Waals surface area contributed by atoms with Crippen LogP contribution in [0.25, 0.3) is 11.5 Å². The molecule has 0 fully saturated rings. The van der Waals surface area contributed by atoms with Gasteiger partial charge in [-0.25, -0.2) is 0 Å². The molecule has 0 atom stereocenters. The Balaban J connectivity index is 0.000000316. The van der Waals surface area contributed by atoms with Crippen molar-refractivity contribution in [1.29, 1.82) is 0 Å². The largest absolute Gasteiger partial charge is 0.698 e. The minimum absolute atomic E-state index is 0. The van der Waals surface area contributed by atoms with Gasteiger partial charge in [0.1, 0.15) is 0 Å². The zero-order chi connectivity index (χ0) is 22.7. The van der Waals surface area contributed by atoms with E-state index in [1.165, 1.54) is 17.2 Å². The monoisotopic (exact) mass is 1010 g/mol. The van der Waals surface area contributed by atoms with E-state index in [0.717, 1.165) is 65.8 Å². The number of rotatable bonds is 3. The molecule has 0 bridgehead atoms. The van der Waals surface area contributed by atoms with Crippen LogP contribution in [0.2, 0.25) is 0 Å². The zero-order valence-electron chi connectivity index (χ0n) is 19.0. The summed E-state index contributed by atoms with van der Waals surface area (Å²) in [5.41, 5.74) is 20.8. The van der Waals surface area contributed by atoms with Gasteiger partial charge in [-0.1, -0.05) is 63.0 Å². The zero-order valence-corrected chi connectivity index (χ0v) is 31.6. The van der Waals surface area contributed by atoms with E-state index < -0.39 is 4.92 Å². The predicted octanol–water partition coefficient (Wildman–Crippen LogP) is 6.93. The average Bonchev–Trinajstić information content (AvgIpc) is 2.78. The summed E-state index contributed by atoms with van der Waals surface area (Å²) < 4.78 is 1.90. The molecule has 0 amide bonds. The molecule has 4 rings (SSSR count). The summed E-state index contributed by atoms with van der Waals surface area (Å²) in [6.45, 7) is 10.0. The number of likely N-dealkylation sites (N-methyl/N-ethyl adjacent to an activating group) is 2. The Morgan fingerprint density at radius 3 is 1.94 bits per heavy atom. The minimum atomic E-state index is -0.487. The third-order valence-electron chi connectivity index (χ3n) is 6.06. The van der Waals surface area contributed by atoms with Crippen molar-refractivity contribution in [2.24, 2.45) is 0 Å². The van der Waals surface area contributed by atoms with Gasteiger partial charge in [0.15, 0.2) is 0 Å². The van der Waals surface area contributed by atoms with Gasteiger partial charge >= 0.3 is 0 Å². The van der Waals surface area contributed by atoms with Gasteiger partial charge in [0.25, 0.3) is 5.69 Å². The Hall–Kier alpha value is 1.20. The van der Waals surface area contributed by atoms with Crippen molar-refractivity contribution in [2.45, 2.75) is 39.8 Å². The van der Waals surface area contributed by atoms with Crippen molar-refractivity contribution in [3.05, 3.63) is 71.0 Å². The number of hydrogen-bond acceptors (Lipinski definition) is 4. The maximum atomic E-state index is 10.8. The molecule has 2 radical (unpaired) electrons. The molecule has 2 heterocycles. The van der Waals surface area contributed by atoms with Crippen molar-refractivity contribution in [1.82, 2.24) is 9.80 Å². The van der Waals surface area contributed by atoms with Crippen molar-refractivity contribution in [3.8, 4) is 0 Å². The van der Waals surface area contributed by atoms with E-state index >= 15 is 0 Å². The molecule has 33 heavy (non-hydrogen) atoms. The van der Waals surface area contributed by atoms with Crippen LogP contribution < -0.4 is 0 Å². The standard InChI is InChI=1S/C11H13BrN3O2.C11H14BrN2.2Ac/c1-2-14-4-3-7-8(6-14)9(12)5-10(11(7)13)15(16)17;1-2-14-6-5-8-9(7-14)10(12)3-4-11(8)13;;/h5,13H,2-4,6H2,1H3;3-4,13H,2,5-7H2,1H3;;/q2*-1;;. The minimum Gasteiger partial charge on any atom is -0.698 e. The molecule has 174 valence electrons. The normalized spacial score (nSPS) is 15.2. The first-order valence-corrected chi connectivity index (χ1v) is 12.0. The maximum Gasteiger partial charge on any atom is 0.255 e. The van der Waals surface area contributed by atoms with Crippen LogP contribution in [0.4, 0.5) is 17.1 Å². The Labute approximate surface area is 284 Å². The van der Waals surface area contributed by atoms with Crippen LogP contribution in [0.5, 0.6) is 0 Å². The third-order valence-corrected chi connectivity index (χ3v) is 7.51. The molecule has 2 N–H and O–H groups in total. The van der Waals surface area contributed by atoms with E-state index in [9.17, 15) is 10.1 Å². The number of benzene rings is 2. The van der Waals surface area contributed by atoms with Crippen LogP contribution in [-0.2, 0) is 25.9 Å². The van der Waals surface area contributed by atoms with Crippen LogP contribution in [0, 0.1) is 98.2 Å². The SMILES string of the molecule is CCN1CCc2c([NH-])c([N+](=O)[O-])cc(Br)c2C1.CCN1CCc2c([NH-])ccc(Br)c2C1.[Ac].[Ac]. The fourth-order valence-corrected chi connectivity index (χ4v) is 5.20. The Morgan fingerprint density at radius 1 is 0.909 bits per heavy atom. The number of halogens is 2. The molecule has 2 aromatic rings. The molecular weight excluding hydrogens is 980 g/mol. The summed E-state index contributed by atoms with van der Waals surface area (Å²) in [4.78, 5) is 15.0. The number of hydrogen-bond donors (Lipinski definition) is 0. The Kier molecular flexibility index (Phi) is 14.5. The van der Waals surface area contributed by atoms with Gasteiger partial charge in [-0.3, -0.25) is 19.9 Å². The van der Waals surface area contributed by atoms with Gasteiger partial charge in [-0.05, 0) is 48.7 Å². The summed E-state index contributed by atoms with van der Waals surface area (Å²) >= 11 is 6.94. The Bertz CT molecular complexity index is 994. The second kappa shape index (κ2) is 14.8. The molecule has 0 spiro atoms. The second-order valence-corrected chi connectivity index (χ2v) is 9.46. The summed E-state index contributed by atoms with van der Waals surface area (Å²) in [6, 6.07) is 5.31. The fraction of sp³-hybridized carbons (Fsp3) is 0.455. The molecule has 2 aliphatic heterocycles. The quantitative estimate of drug-likeness (QED) is 0.246. The fourth-order valence-electron chi connectivity index (χ4n) is 4.13. The molecule has 0 saturated heterocycles. The molecule has 11 heteroatoms. The number of fused-ring (bicyclic) bond motifs is 2. The molecule has 2 aromatic carbocycles. The van der Waals surface area contributed by atoms with Crippen molar-refractivity contribution >= 4 is 48.9 Å². The van der Waals surface area contributed by atoms with Gasteiger partial charge in [0, 0.05) is 129 Å². The second-order valence-electron chi connectivity index (χ2n) is 7.76. The van der Waals surface area contributed by atoms with Gasteiger partial charge in [0.2, 0.25) is 0 Å². The predicted molar refractivity (Wildman–Crippen MR) is 132 cm³/mol. The summed E-state index contributed by atoms with van der Waals surface area (Å²) in [6.07, 6.45) is 1.73. The first kappa shape index (κ1) is 32.2. The van der Waals surface area contributed by atoms with E-state index in [1.807, 2.05) is 12.1 Å². The number of nitrogens with zero attached hydrogens (tertiary/aromatic N) is 3. The summed E-state index contributed by atoms with van der Waals surface area (Å²) in [7, 11) is 0. The number of nitro benzene ring substituents is 1. The Morgan fingerprint density at radius 2 is 1.42 bits per heavy atom. The number of nitrogens with one attached hydrogen (secondary N) is 2. The third kappa shape index (κ3) is 7.84. The first-order chi connectivity index (χ1) is 14.8. The first-order valence-electron chi connectivity index (χ1n) is 10.4. The smallest absolute Gasteiger partial charge is 0.255 e. The van der Waals surface area contributed by atoms with E-state index in [0.29, 0.717) is 12.1 Å². The van der Waals surface area contributed by atoms with Crippen LogP contribution in [0.1, 0.15) is 36.1 Å². The molecular formula is C22H27Ac2Br2N5O2-2. The topological polar surface area (TPSA) is 97.2 Å². The number of nitro groups is 1. The van der Waals surface area contributed by atoms with Crippen LogP contribution >= 0.6 is 31.9 Å². The van der Waals surface area contributed by atoms with Gasteiger partial charge in [0.05, 0.1) is 4.92 Å². The molecule has 0 aliphatic carbocycles. The summed E-state index contributed by atoms with van der Waals surface area (Å²) in [5, 5.41) is 10.8. The van der Waals surface area contributed by atoms with Gasteiger partial charge in [-0.15, -0.1) is 5.69 Å². The van der Waals surface area contributed by atoms with E-state index in [-0.39, 0.29) is 99.5 Å². The van der Waals surface area contributed by atoms with Crippen molar-refractivity contribution < 1.29 is 93.0 Å². The van der Waals surface area contributed by atoms with Crippen LogP contribution in [0.3, 0.4) is 0 Å². The molecule has 2 aliphatic rings.